The van der Waals surface area contributed by atoms with Crippen LogP contribution in [0.25, 0.3) is 0 Å². The van der Waals surface area contributed by atoms with Crippen molar-refractivity contribution in [3.63, 3.8) is 0 Å². The first-order valence-corrected chi connectivity index (χ1v) is 4.31. The van der Waals surface area contributed by atoms with Gasteiger partial charge in [0.1, 0.15) is 6.04 Å². The lowest BCUT2D eigenvalue weighted by Crippen LogP contribution is -2.44. The fourth-order valence-corrected chi connectivity index (χ4v) is 1.01. The summed E-state index contributed by atoms with van der Waals surface area (Å²) in [6.07, 6.45) is -0.231. The molecule has 0 aromatic rings. The molecule has 0 spiro atoms. The minimum atomic E-state index is -1.12. The number of carboxylic acid groups (broad SMARTS) is 2. The molecule has 0 saturated carbocycles. The van der Waals surface area contributed by atoms with Crippen molar-refractivity contribution in [1.29, 1.82) is 0 Å². The summed E-state index contributed by atoms with van der Waals surface area (Å²) in [5.41, 5.74) is 4.92. The van der Waals surface area contributed by atoms with Gasteiger partial charge in [-0.25, -0.2) is 0 Å². The Morgan fingerprint density at radius 1 is 1.33 bits per heavy atom. The average Bonchev–Trinajstić information content (AvgIpc) is 2.10. The smallest absolute Gasteiger partial charge is 0.320 e. The van der Waals surface area contributed by atoms with Gasteiger partial charge in [0.2, 0.25) is 5.91 Å². The summed E-state index contributed by atoms with van der Waals surface area (Å²) in [5.74, 6) is -2.86. The zero-order valence-corrected chi connectivity index (χ0v) is 8.34. The summed E-state index contributed by atoms with van der Waals surface area (Å²) in [4.78, 5) is 32.7. The van der Waals surface area contributed by atoms with Crippen LogP contribution in [0.1, 0.15) is 13.3 Å². The molecule has 7 nitrogen and oxygen atoms in total. The fourth-order valence-electron chi connectivity index (χ4n) is 1.01. The standard InChI is InChI=1S/C8H14N2O5/c1-5(8(14)15)10(4-6(9)11)3-2-7(12)13/h5H,2-4H2,1H3,(H2,9,11)(H,12,13)(H,14,15). The predicted octanol–water partition coefficient (Wildman–Crippen LogP) is -1.28. The molecule has 0 fully saturated rings. The number of aliphatic carboxylic acids is 2. The molecule has 0 aliphatic carbocycles. The highest BCUT2D eigenvalue weighted by Crippen LogP contribution is 2.00. The summed E-state index contributed by atoms with van der Waals surface area (Å²) in [7, 11) is 0. The lowest BCUT2D eigenvalue weighted by atomic mass is 10.2. The number of primary amides is 1. The quantitative estimate of drug-likeness (QED) is 0.489. The maximum Gasteiger partial charge on any atom is 0.320 e. The van der Waals surface area contributed by atoms with Crippen LogP contribution in [-0.4, -0.2) is 52.1 Å². The first kappa shape index (κ1) is 13.4. The van der Waals surface area contributed by atoms with E-state index in [9.17, 15) is 14.4 Å². The molecule has 0 heterocycles. The molecule has 0 rings (SSSR count). The van der Waals surface area contributed by atoms with Crippen molar-refractivity contribution >= 4 is 17.8 Å². The van der Waals surface area contributed by atoms with Gasteiger partial charge in [-0.3, -0.25) is 19.3 Å². The third-order valence-electron chi connectivity index (χ3n) is 1.88. The topological polar surface area (TPSA) is 121 Å². The van der Waals surface area contributed by atoms with E-state index >= 15 is 0 Å². The van der Waals surface area contributed by atoms with Crippen molar-refractivity contribution in [3.05, 3.63) is 0 Å². The van der Waals surface area contributed by atoms with Crippen LogP contribution in [-0.2, 0) is 14.4 Å². The molecule has 0 radical (unpaired) electrons. The Morgan fingerprint density at radius 2 is 1.87 bits per heavy atom. The van der Waals surface area contributed by atoms with Crippen LogP contribution in [0, 0.1) is 0 Å². The van der Waals surface area contributed by atoms with E-state index < -0.39 is 23.9 Å². The third-order valence-corrected chi connectivity index (χ3v) is 1.88. The Hall–Kier alpha value is -1.63. The van der Waals surface area contributed by atoms with Crippen molar-refractivity contribution < 1.29 is 24.6 Å². The van der Waals surface area contributed by atoms with Gasteiger partial charge in [-0.05, 0) is 6.92 Å². The predicted molar refractivity (Wildman–Crippen MR) is 50.1 cm³/mol. The average molecular weight is 218 g/mol. The van der Waals surface area contributed by atoms with Crippen LogP contribution in [0.4, 0.5) is 0 Å². The Kier molecular flexibility index (Phi) is 5.32. The summed E-state index contributed by atoms with van der Waals surface area (Å²) >= 11 is 0. The van der Waals surface area contributed by atoms with Crippen molar-refractivity contribution in [2.45, 2.75) is 19.4 Å². The van der Waals surface area contributed by atoms with E-state index in [2.05, 4.69) is 0 Å². The number of carboxylic acids is 2. The van der Waals surface area contributed by atoms with E-state index in [1.165, 1.54) is 11.8 Å². The van der Waals surface area contributed by atoms with Crippen molar-refractivity contribution in [2.24, 2.45) is 5.73 Å². The number of rotatable bonds is 7. The molecule has 1 unspecified atom stereocenters. The summed E-state index contributed by atoms with van der Waals surface area (Å²) < 4.78 is 0. The largest absolute Gasteiger partial charge is 0.481 e. The van der Waals surface area contributed by atoms with Crippen molar-refractivity contribution in [1.82, 2.24) is 4.90 Å². The maximum absolute atomic E-state index is 10.6. The first-order chi connectivity index (χ1) is 6.84. The van der Waals surface area contributed by atoms with Crippen LogP contribution < -0.4 is 5.73 Å². The number of carbonyl (C=O) groups excluding carboxylic acids is 1. The molecular formula is C8H14N2O5. The second-order valence-electron chi connectivity index (χ2n) is 3.09. The lowest BCUT2D eigenvalue weighted by molar-refractivity contribution is -0.145. The molecule has 0 aliphatic heterocycles. The SMILES string of the molecule is CC(C(=O)O)N(CCC(=O)O)CC(N)=O. The van der Waals surface area contributed by atoms with Crippen molar-refractivity contribution in [2.75, 3.05) is 13.1 Å². The Morgan fingerprint density at radius 3 is 2.20 bits per heavy atom. The van der Waals surface area contributed by atoms with Gasteiger partial charge in [0.25, 0.3) is 0 Å². The van der Waals surface area contributed by atoms with Gasteiger partial charge in [0.15, 0.2) is 0 Å². The number of hydrogen-bond acceptors (Lipinski definition) is 4. The summed E-state index contributed by atoms with van der Waals surface area (Å²) in [6.45, 7) is 1.08. The molecule has 0 aromatic carbocycles. The van der Waals surface area contributed by atoms with Gasteiger partial charge in [0.05, 0.1) is 13.0 Å². The van der Waals surface area contributed by atoms with Gasteiger partial charge in [0, 0.05) is 6.54 Å². The van der Waals surface area contributed by atoms with Gasteiger partial charge < -0.3 is 15.9 Å². The molecule has 0 aliphatic rings. The van der Waals surface area contributed by atoms with Gasteiger partial charge in [-0.2, -0.15) is 0 Å². The van der Waals surface area contributed by atoms with Crippen LogP contribution in [0.5, 0.6) is 0 Å². The van der Waals surface area contributed by atoms with Gasteiger partial charge in [-0.15, -0.1) is 0 Å². The highest BCUT2D eigenvalue weighted by atomic mass is 16.4. The minimum absolute atomic E-state index is 0.0221. The molecule has 7 heteroatoms. The Labute approximate surface area is 86.5 Å². The number of nitrogens with two attached hydrogens (primary N) is 1. The van der Waals surface area contributed by atoms with Crippen molar-refractivity contribution in [3.8, 4) is 0 Å². The van der Waals surface area contributed by atoms with E-state index in [4.69, 9.17) is 15.9 Å². The first-order valence-electron chi connectivity index (χ1n) is 4.31. The molecule has 1 atom stereocenters. The van der Waals surface area contributed by atoms with Crippen LogP contribution in [0.15, 0.2) is 0 Å². The Balaban J connectivity index is 4.36. The van der Waals surface area contributed by atoms with E-state index in [0.717, 1.165) is 0 Å². The molecule has 0 bridgehead atoms. The monoisotopic (exact) mass is 218 g/mol. The van der Waals surface area contributed by atoms with E-state index in [-0.39, 0.29) is 19.5 Å². The molecule has 86 valence electrons. The summed E-state index contributed by atoms with van der Waals surface area (Å²) in [6, 6.07) is -0.933. The van der Waals surface area contributed by atoms with E-state index in [0.29, 0.717) is 0 Å². The van der Waals surface area contributed by atoms with E-state index in [1.807, 2.05) is 0 Å². The number of amides is 1. The second-order valence-corrected chi connectivity index (χ2v) is 3.09. The number of nitrogens with zero attached hydrogens (tertiary/aromatic N) is 1. The normalized spacial score (nSPS) is 12.4. The molecule has 0 saturated heterocycles. The zero-order chi connectivity index (χ0) is 12.0. The molecule has 4 N–H and O–H groups in total. The number of hydrogen-bond donors (Lipinski definition) is 3. The third kappa shape index (κ3) is 5.63. The van der Waals surface area contributed by atoms with Crippen LogP contribution in [0.3, 0.4) is 0 Å². The van der Waals surface area contributed by atoms with Crippen LogP contribution >= 0.6 is 0 Å². The molecular weight excluding hydrogens is 204 g/mol. The van der Waals surface area contributed by atoms with Crippen LogP contribution in [0.2, 0.25) is 0 Å². The minimum Gasteiger partial charge on any atom is -0.481 e. The Bertz CT molecular complexity index is 266. The van der Waals surface area contributed by atoms with Gasteiger partial charge in [-0.1, -0.05) is 0 Å². The second kappa shape index (κ2) is 5.97. The highest BCUT2D eigenvalue weighted by Gasteiger charge is 2.22. The highest BCUT2D eigenvalue weighted by molar-refractivity contribution is 5.78. The lowest BCUT2D eigenvalue weighted by Gasteiger charge is -2.23. The zero-order valence-electron chi connectivity index (χ0n) is 8.34. The van der Waals surface area contributed by atoms with Gasteiger partial charge >= 0.3 is 11.9 Å². The molecule has 1 amide bonds. The molecule has 0 aromatic heterocycles. The maximum atomic E-state index is 10.6. The number of carbonyl (C=O) groups is 3. The van der Waals surface area contributed by atoms with E-state index in [1.54, 1.807) is 0 Å². The molecule has 15 heavy (non-hydrogen) atoms. The fraction of sp³-hybridized carbons (Fsp3) is 0.625. The summed E-state index contributed by atoms with van der Waals surface area (Å²) in [5, 5.41) is 17.1.